The lowest BCUT2D eigenvalue weighted by Gasteiger charge is -2.10. The van der Waals surface area contributed by atoms with Crippen LogP contribution in [0.1, 0.15) is 15.9 Å². The van der Waals surface area contributed by atoms with Crippen LogP contribution >= 0.6 is 23.6 Å². The first-order chi connectivity index (χ1) is 17.1. The summed E-state index contributed by atoms with van der Waals surface area (Å²) in [4.78, 5) is 17.2. The van der Waals surface area contributed by atoms with Gasteiger partial charge in [0.1, 0.15) is 12.4 Å². The number of hydrogen-bond acceptors (Lipinski definition) is 7. The minimum Gasteiger partial charge on any atom is -0.493 e. The van der Waals surface area contributed by atoms with Gasteiger partial charge >= 0.3 is 0 Å². The molecule has 1 aromatic heterocycles. The number of thiazole rings is 1. The average Bonchev–Trinajstić information content (AvgIpc) is 3.36. The molecule has 0 saturated heterocycles. The highest BCUT2D eigenvalue weighted by Gasteiger charge is 2.13. The Hall–Kier alpha value is -3.95. The fourth-order valence-electron chi connectivity index (χ4n) is 3.23. The van der Waals surface area contributed by atoms with Crippen LogP contribution in [0.2, 0.25) is 0 Å². The topological polar surface area (TPSA) is 81.7 Å². The Kier molecular flexibility index (Phi) is 7.92. The molecule has 0 fully saturated rings. The number of carbonyl (C=O) groups is 1. The maximum atomic E-state index is 12.7. The van der Waals surface area contributed by atoms with Gasteiger partial charge in [-0.25, -0.2) is 4.98 Å². The van der Waals surface area contributed by atoms with Crippen molar-refractivity contribution in [2.75, 3.05) is 19.5 Å². The standard InChI is InChI=1S/C26H23N3O4S2/c1-31-22-12-11-18(14-23(22)32-2)21-16-35-26(27-21)29-25(34)28-24(30)19-9-6-10-20(13-19)33-15-17-7-4-3-5-8-17/h3-14,16H,15H2,1-2H3,(H2,27,28,29,30,34). The van der Waals surface area contributed by atoms with E-state index >= 15 is 0 Å². The quantitative estimate of drug-likeness (QED) is 0.305. The van der Waals surface area contributed by atoms with Crippen LogP contribution in [0.3, 0.4) is 0 Å². The Labute approximate surface area is 212 Å². The number of aromatic nitrogens is 1. The van der Waals surface area contributed by atoms with Crippen molar-refractivity contribution in [1.82, 2.24) is 10.3 Å². The van der Waals surface area contributed by atoms with E-state index in [0.29, 0.717) is 34.6 Å². The van der Waals surface area contributed by atoms with Gasteiger partial charge in [0.05, 0.1) is 19.9 Å². The third kappa shape index (κ3) is 6.34. The number of benzene rings is 3. The van der Waals surface area contributed by atoms with Crippen molar-refractivity contribution in [3.63, 3.8) is 0 Å². The molecule has 0 atom stereocenters. The van der Waals surface area contributed by atoms with Gasteiger partial charge in [0.25, 0.3) is 5.91 Å². The predicted octanol–water partition coefficient (Wildman–Crippen LogP) is 5.53. The van der Waals surface area contributed by atoms with E-state index in [0.717, 1.165) is 16.8 Å². The number of anilines is 1. The molecular weight excluding hydrogens is 482 g/mol. The largest absolute Gasteiger partial charge is 0.493 e. The van der Waals surface area contributed by atoms with Crippen LogP contribution in [0.5, 0.6) is 17.2 Å². The first-order valence-corrected chi connectivity index (χ1v) is 11.9. The molecule has 0 aliphatic rings. The second kappa shape index (κ2) is 11.5. The maximum Gasteiger partial charge on any atom is 0.257 e. The molecule has 0 spiro atoms. The lowest BCUT2D eigenvalue weighted by molar-refractivity contribution is 0.0977. The van der Waals surface area contributed by atoms with E-state index in [2.05, 4.69) is 15.6 Å². The molecule has 0 unspecified atom stereocenters. The highest BCUT2D eigenvalue weighted by molar-refractivity contribution is 7.80. The minimum absolute atomic E-state index is 0.152. The van der Waals surface area contributed by atoms with Crippen LogP contribution < -0.4 is 24.8 Å². The zero-order valence-electron chi connectivity index (χ0n) is 19.1. The normalized spacial score (nSPS) is 10.3. The molecule has 1 amide bonds. The lowest BCUT2D eigenvalue weighted by atomic mass is 10.1. The molecule has 0 saturated carbocycles. The molecule has 0 aliphatic heterocycles. The van der Waals surface area contributed by atoms with Crippen LogP contribution in [-0.4, -0.2) is 30.2 Å². The first kappa shape index (κ1) is 24.2. The third-order valence-corrected chi connectivity index (χ3v) is 5.94. The van der Waals surface area contributed by atoms with E-state index in [-0.39, 0.29) is 11.0 Å². The summed E-state index contributed by atoms with van der Waals surface area (Å²) in [5.74, 6) is 1.51. The van der Waals surface area contributed by atoms with Crippen LogP contribution in [-0.2, 0) is 6.61 Å². The summed E-state index contributed by atoms with van der Waals surface area (Å²) in [7, 11) is 3.17. The molecule has 4 aromatic rings. The van der Waals surface area contributed by atoms with E-state index in [1.807, 2.05) is 60.0 Å². The molecule has 178 valence electrons. The average molecular weight is 506 g/mol. The van der Waals surface area contributed by atoms with Gasteiger partial charge in [0.2, 0.25) is 0 Å². The Morgan fingerprint density at radius 3 is 2.54 bits per heavy atom. The van der Waals surface area contributed by atoms with Crippen molar-refractivity contribution in [3.8, 4) is 28.5 Å². The number of ether oxygens (including phenoxy) is 3. The molecule has 2 N–H and O–H groups in total. The third-order valence-electron chi connectivity index (χ3n) is 4.98. The summed E-state index contributed by atoms with van der Waals surface area (Å²) in [6.45, 7) is 0.415. The van der Waals surface area contributed by atoms with E-state index in [1.54, 1.807) is 32.4 Å². The fraction of sp³-hybridized carbons (Fsp3) is 0.115. The first-order valence-electron chi connectivity index (χ1n) is 10.6. The number of nitrogens with zero attached hydrogens (tertiary/aromatic N) is 1. The van der Waals surface area contributed by atoms with Crippen LogP contribution in [0.25, 0.3) is 11.3 Å². The van der Waals surface area contributed by atoms with E-state index in [1.165, 1.54) is 11.3 Å². The minimum atomic E-state index is -0.343. The summed E-state index contributed by atoms with van der Waals surface area (Å²) in [6, 6.07) is 22.3. The van der Waals surface area contributed by atoms with Gasteiger partial charge in [-0.2, -0.15) is 0 Å². The van der Waals surface area contributed by atoms with Crippen molar-refractivity contribution < 1.29 is 19.0 Å². The van der Waals surface area contributed by atoms with Crippen molar-refractivity contribution in [2.45, 2.75) is 6.61 Å². The van der Waals surface area contributed by atoms with Crippen molar-refractivity contribution in [2.24, 2.45) is 0 Å². The molecule has 9 heteroatoms. The molecule has 1 heterocycles. The summed E-state index contributed by atoms with van der Waals surface area (Å²) in [5.41, 5.74) is 3.10. The number of thiocarbonyl (C=S) groups is 1. The summed E-state index contributed by atoms with van der Waals surface area (Å²) < 4.78 is 16.4. The Morgan fingerprint density at radius 1 is 0.971 bits per heavy atom. The zero-order chi connectivity index (χ0) is 24.6. The second-order valence-corrected chi connectivity index (χ2v) is 8.58. The van der Waals surface area contributed by atoms with E-state index in [4.69, 9.17) is 26.4 Å². The summed E-state index contributed by atoms with van der Waals surface area (Å²) in [5, 5.41) is 8.25. The van der Waals surface area contributed by atoms with E-state index in [9.17, 15) is 4.79 Å². The molecule has 3 aromatic carbocycles. The van der Waals surface area contributed by atoms with Gasteiger partial charge in [-0.3, -0.25) is 10.1 Å². The van der Waals surface area contributed by atoms with E-state index < -0.39 is 0 Å². The van der Waals surface area contributed by atoms with Crippen molar-refractivity contribution in [1.29, 1.82) is 0 Å². The van der Waals surface area contributed by atoms with Gasteiger partial charge in [-0.15, -0.1) is 11.3 Å². The number of methoxy groups -OCH3 is 2. The van der Waals surface area contributed by atoms with Gasteiger partial charge in [0.15, 0.2) is 21.7 Å². The molecule has 0 radical (unpaired) electrons. The van der Waals surface area contributed by atoms with Crippen LogP contribution in [0.15, 0.2) is 78.2 Å². The number of carbonyl (C=O) groups excluding carboxylic acids is 1. The predicted molar refractivity (Wildman–Crippen MR) is 142 cm³/mol. The number of amides is 1. The highest BCUT2D eigenvalue weighted by atomic mass is 32.1. The molecule has 0 bridgehead atoms. The number of nitrogens with one attached hydrogen (secondary N) is 2. The SMILES string of the molecule is COc1ccc(-c2csc(NC(=S)NC(=O)c3cccc(OCc4ccccc4)c3)n2)cc1OC. The molecule has 4 rings (SSSR count). The lowest BCUT2D eigenvalue weighted by Crippen LogP contribution is -2.34. The van der Waals surface area contributed by atoms with Gasteiger partial charge < -0.3 is 19.5 Å². The fourth-order valence-corrected chi connectivity index (χ4v) is 4.21. The number of rotatable bonds is 8. The monoisotopic (exact) mass is 505 g/mol. The van der Waals surface area contributed by atoms with Gasteiger partial charge in [0, 0.05) is 16.5 Å². The smallest absolute Gasteiger partial charge is 0.257 e. The summed E-state index contributed by atoms with van der Waals surface area (Å²) in [6.07, 6.45) is 0. The van der Waals surface area contributed by atoms with Crippen molar-refractivity contribution in [3.05, 3.63) is 89.3 Å². The maximum absolute atomic E-state index is 12.7. The Bertz CT molecular complexity index is 1330. The molecule has 7 nitrogen and oxygen atoms in total. The van der Waals surface area contributed by atoms with Crippen LogP contribution in [0.4, 0.5) is 5.13 Å². The Balaban J connectivity index is 1.35. The summed E-state index contributed by atoms with van der Waals surface area (Å²) >= 11 is 6.69. The number of hydrogen-bond donors (Lipinski definition) is 2. The molecular formula is C26H23N3O4S2. The Morgan fingerprint density at radius 2 is 1.77 bits per heavy atom. The molecule has 35 heavy (non-hydrogen) atoms. The van der Waals surface area contributed by atoms with Gasteiger partial charge in [-0.05, 0) is 54.2 Å². The van der Waals surface area contributed by atoms with Gasteiger partial charge in [-0.1, -0.05) is 36.4 Å². The zero-order valence-corrected chi connectivity index (χ0v) is 20.7. The highest BCUT2D eigenvalue weighted by Crippen LogP contribution is 2.33. The molecule has 0 aliphatic carbocycles. The van der Waals surface area contributed by atoms with Crippen molar-refractivity contribution >= 4 is 39.7 Å². The van der Waals surface area contributed by atoms with Crippen LogP contribution in [0, 0.1) is 0 Å². The second-order valence-electron chi connectivity index (χ2n) is 7.32.